The molecule has 1 saturated heterocycles. The van der Waals surface area contributed by atoms with Crippen LogP contribution in [0.4, 0.5) is 5.82 Å². The highest BCUT2D eigenvalue weighted by atomic mass is 16.5. The number of rotatable bonds is 5. The maximum atomic E-state index is 12.6. The first kappa shape index (κ1) is 14.0. The van der Waals surface area contributed by atoms with Crippen molar-refractivity contribution in [3.8, 4) is 0 Å². The number of ether oxygens (including phenoxy) is 2. The minimum absolute atomic E-state index is 0.0670. The van der Waals surface area contributed by atoms with E-state index in [2.05, 4.69) is 4.98 Å². The minimum Gasteiger partial charge on any atom is -0.383 e. The van der Waals surface area contributed by atoms with Crippen LogP contribution in [0.1, 0.15) is 25.3 Å². The van der Waals surface area contributed by atoms with Gasteiger partial charge in [0, 0.05) is 50.8 Å². The van der Waals surface area contributed by atoms with Crippen LogP contribution in [0.3, 0.4) is 0 Å². The summed E-state index contributed by atoms with van der Waals surface area (Å²) in [4.78, 5) is 16.6. The van der Waals surface area contributed by atoms with Crippen molar-refractivity contribution in [2.24, 2.45) is 0 Å². The SMILES string of the molecule is CCOC1(C(=O)Cc2cccnc2N)CCOCC1. The zero-order chi connectivity index (χ0) is 13.7. The predicted molar refractivity (Wildman–Crippen MR) is 71.8 cm³/mol. The second-order valence-electron chi connectivity index (χ2n) is 4.69. The quantitative estimate of drug-likeness (QED) is 0.869. The Morgan fingerprint density at radius 3 is 2.89 bits per heavy atom. The van der Waals surface area contributed by atoms with Crippen molar-refractivity contribution in [1.82, 2.24) is 4.98 Å². The third-order valence-electron chi connectivity index (χ3n) is 3.51. The Morgan fingerprint density at radius 2 is 2.26 bits per heavy atom. The standard InChI is InChI=1S/C14H20N2O3/c1-2-19-14(5-8-18-9-6-14)12(17)10-11-4-3-7-16-13(11)15/h3-4,7H,2,5-6,8-10H2,1H3,(H2,15,16). The van der Waals surface area contributed by atoms with Crippen molar-refractivity contribution in [2.75, 3.05) is 25.6 Å². The van der Waals surface area contributed by atoms with Crippen LogP contribution in [0.2, 0.25) is 0 Å². The molecule has 5 nitrogen and oxygen atoms in total. The summed E-state index contributed by atoms with van der Waals surface area (Å²) in [7, 11) is 0. The number of pyridine rings is 1. The molecule has 0 radical (unpaired) electrons. The number of carbonyl (C=O) groups excluding carboxylic acids is 1. The highest BCUT2D eigenvalue weighted by Crippen LogP contribution is 2.28. The average molecular weight is 264 g/mol. The van der Waals surface area contributed by atoms with E-state index < -0.39 is 5.60 Å². The molecule has 5 heteroatoms. The van der Waals surface area contributed by atoms with Crippen molar-refractivity contribution >= 4 is 11.6 Å². The molecule has 1 fully saturated rings. The normalized spacial score (nSPS) is 18.2. The zero-order valence-electron chi connectivity index (χ0n) is 11.2. The number of anilines is 1. The highest BCUT2D eigenvalue weighted by molar-refractivity contribution is 5.90. The fraction of sp³-hybridized carbons (Fsp3) is 0.571. The first-order valence-electron chi connectivity index (χ1n) is 6.62. The molecule has 1 aliphatic rings. The molecule has 1 aromatic rings. The number of nitrogen functional groups attached to an aromatic ring is 1. The van der Waals surface area contributed by atoms with Crippen LogP contribution in [-0.4, -0.2) is 36.2 Å². The van der Waals surface area contributed by atoms with Gasteiger partial charge in [-0.1, -0.05) is 6.07 Å². The minimum atomic E-state index is -0.713. The molecular formula is C14H20N2O3. The Kier molecular flexibility index (Phi) is 4.50. The van der Waals surface area contributed by atoms with Crippen molar-refractivity contribution in [3.05, 3.63) is 23.9 Å². The molecule has 2 N–H and O–H groups in total. The van der Waals surface area contributed by atoms with Crippen molar-refractivity contribution in [1.29, 1.82) is 0 Å². The largest absolute Gasteiger partial charge is 0.383 e. The predicted octanol–water partition coefficient (Wildman–Crippen LogP) is 1.36. The summed E-state index contributed by atoms with van der Waals surface area (Å²) in [6.45, 7) is 3.56. The summed E-state index contributed by atoms with van der Waals surface area (Å²) in [5.41, 5.74) is 5.84. The van der Waals surface area contributed by atoms with Gasteiger partial charge in [-0.15, -0.1) is 0 Å². The molecular weight excluding hydrogens is 244 g/mol. The molecule has 19 heavy (non-hydrogen) atoms. The van der Waals surface area contributed by atoms with E-state index in [1.165, 1.54) is 0 Å². The van der Waals surface area contributed by atoms with E-state index in [1.54, 1.807) is 12.3 Å². The van der Waals surface area contributed by atoms with E-state index in [4.69, 9.17) is 15.2 Å². The van der Waals surface area contributed by atoms with Gasteiger partial charge in [-0.3, -0.25) is 4.79 Å². The smallest absolute Gasteiger partial charge is 0.169 e. The van der Waals surface area contributed by atoms with Gasteiger partial charge < -0.3 is 15.2 Å². The van der Waals surface area contributed by atoms with Crippen molar-refractivity contribution < 1.29 is 14.3 Å². The van der Waals surface area contributed by atoms with Gasteiger partial charge in [0.1, 0.15) is 11.4 Å². The van der Waals surface area contributed by atoms with Crippen LogP contribution in [-0.2, 0) is 20.7 Å². The lowest BCUT2D eigenvalue weighted by molar-refractivity contribution is -0.156. The summed E-state index contributed by atoms with van der Waals surface area (Å²) >= 11 is 0. The molecule has 0 aromatic carbocycles. The lowest BCUT2D eigenvalue weighted by Crippen LogP contribution is -2.47. The maximum absolute atomic E-state index is 12.6. The van der Waals surface area contributed by atoms with Crippen LogP contribution >= 0.6 is 0 Å². The number of hydrogen-bond donors (Lipinski definition) is 1. The monoisotopic (exact) mass is 264 g/mol. The Balaban J connectivity index is 2.14. The number of hydrogen-bond acceptors (Lipinski definition) is 5. The fourth-order valence-electron chi connectivity index (χ4n) is 2.42. The Hall–Kier alpha value is -1.46. The van der Waals surface area contributed by atoms with Gasteiger partial charge in [0.05, 0.1) is 0 Å². The van der Waals surface area contributed by atoms with Crippen LogP contribution in [0.15, 0.2) is 18.3 Å². The summed E-state index contributed by atoms with van der Waals surface area (Å²) < 4.78 is 11.1. The average Bonchev–Trinajstić information content (AvgIpc) is 2.42. The number of aromatic nitrogens is 1. The fourth-order valence-corrected chi connectivity index (χ4v) is 2.42. The molecule has 0 saturated carbocycles. The van der Waals surface area contributed by atoms with Gasteiger partial charge in [0.15, 0.2) is 5.78 Å². The number of carbonyl (C=O) groups is 1. The van der Waals surface area contributed by atoms with Gasteiger partial charge in [0.25, 0.3) is 0 Å². The van der Waals surface area contributed by atoms with E-state index in [-0.39, 0.29) is 12.2 Å². The van der Waals surface area contributed by atoms with E-state index >= 15 is 0 Å². The first-order valence-corrected chi connectivity index (χ1v) is 6.62. The van der Waals surface area contributed by atoms with Crippen LogP contribution < -0.4 is 5.73 Å². The van der Waals surface area contributed by atoms with Gasteiger partial charge in [-0.05, 0) is 13.0 Å². The molecule has 104 valence electrons. The molecule has 0 aliphatic carbocycles. The van der Waals surface area contributed by atoms with Crippen LogP contribution in [0.5, 0.6) is 0 Å². The third kappa shape index (κ3) is 3.11. The highest BCUT2D eigenvalue weighted by Gasteiger charge is 2.40. The number of nitrogens with two attached hydrogens (primary N) is 1. The lowest BCUT2D eigenvalue weighted by atomic mass is 9.86. The molecule has 0 bridgehead atoms. The summed E-state index contributed by atoms with van der Waals surface area (Å²) in [6, 6.07) is 3.62. The van der Waals surface area contributed by atoms with Gasteiger partial charge in [-0.25, -0.2) is 4.98 Å². The number of ketones is 1. The van der Waals surface area contributed by atoms with Gasteiger partial charge in [0.2, 0.25) is 0 Å². The summed E-state index contributed by atoms with van der Waals surface area (Å²) in [6.07, 6.45) is 3.11. The topological polar surface area (TPSA) is 74.4 Å². The molecule has 0 atom stereocenters. The van der Waals surface area contributed by atoms with E-state index in [1.807, 2.05) is 13.0 Å². The second kappa shape index (κ2) is 6.12. The van der Waals surface area contributed by atoms with Crippen LogP contribution in [0, 0.1) is 0 Å². The Morgan fingerprint density at radius 1 is 1.53 bits per heavy atom. The summed E-state index contributed by atoms with van der Waals surface area (Å²) in [5, 5.41) is 0. The molecule has 1 aliphatic heterocycles. The maximum Gasteiger partial charge on any atom is 0.169 e. The Bertz CT molecular complexity index is 437. The zero-order valence-corrected chi connectivity index (χ0v) is 11.2. The first-order chi connectivity index (χ1) is 9.18. The third-order valence-corrected chi connectivity index (χ3v) is 3.51. The van der Waals surface area contributed by atoms with Gasteiger partial charge >= 0.3 is 0 Å². The molecule has 1 aromatic heterocycles. The summed E-state index contributed by atoms with van der Waals surface area (Å²) in [5.74, 6) is 0.479. The van der Waals surface area contributed by atoms with Gasteiger partial charge in [-0.2, -0.15) is 0 Å². The number of Topliss-reactive ketones (excluding diaryl/α,β-unsaturated/α-hetero) is 1. The Labute approximate surface area is 113 Å². The lowest BCUT2D eigenvalue weighted by Gasteiger charge is -2.35. The molecule has 0 amide bonds. The second-order valence-corrected chi connectivity index (χ2v) is 4.69. The molecule has 2 heterocycles. The van der Waals surface area contributed by atoms with E-state index in [9.17, 15) is 4.79 Å². The van der Waals surface area contributed by atoms with E-state index in [0.717, 1.165) is 5.56 Å². The number of nitrogens with zero attached hydrogens (tertiary/aromatic N) is 1. The molecule has 0 spiro atoms. The molecule has 0 unspecified atom stereocenters. The van der Waals surface area contributed by atoms with Crippen molar-refractivity contribution in [2.45, 2.75) is 31.8 Å². The van der Waals surface area contributed by atoms with E-state index in [0.29, 0.717) is 38.5 Å². The molecule has 2 rings (SSSR count). The van der Waals surface area contributed by atoms with Crippen LogP contribution in [0.25, 0.3) is 0 Å². The van der Waals surface area contributed by atoms with Crippen molar-refractivity contribution in [3.63, 3.8) is 0 Å².